The summed E-state index contributed by atoms with van der Waals surface area (Å²) in [5.41, 5.74) is 0. The van der Waals surface area contributed by atoms with Crippen LogP contribution in [0.25, 0.3) is 0 Å². The van der Waals surface area contributed by atoms with Crippen LogP contribution in [0.1, 0.15) is 41.5 Å². The summed E-state index contributed by atoms with van der Waals surface area (Å²) in [5.74, 6) is -8.26. The molecule has 0 spiro atoms. The fourth-order valence-corrected chi connectivity index (χ4v) is 10.1. The van der Waals surface area contributed by atoms with Crippen molar-refractivity contribution in [3.63, 3.8) is 0 Å². The van der Waals surface area contributed by atoms with E-state index in [1.807, 2.05) is 0 Å². The zero-order chi connectivity index (χ0) is 20.5. The number of carbonyl (C=O) groups excluding carboxylic acids is 3. The van der Waals surface area contributed by atoms with Crippen molar-refractivity contribution < 1.29 is 62.0 Å². The van der Waals surface area contributed by atoms with Crippen LogP contribution in [0.15, 0.2) is 0 Å². The summed E-state index contributed by atoms with van der Waals surface area (Å²) < 4.78 is -7.34. The van der Waals surface area contributed by atoms with Gasteiger partial charge in [0.05, 0.1) is 0 Å². The van der Waals surface area contributed by atoms with E-state index in [1.165, 1.54) is 0 Å². The Bertz CT molecular complexity index is 532. The van der Waals surface area contributed by atoms with Crippen LogP contribution in [0.2, 0.25) is 11.2 Å². The predicted molar refractivity (Wildman–Crippen MR) is 80.1 cm³/mol. The van der Waals surface area contributed by atoms with E-state index in [4.69, 9.17) is 0 Å². The van der Waals surface area contributed by atoms with Crippen LogP contribution < -0.4 is 0 Å². The molecular weight excluding hydrogens is 372 g/mol. The van der Waals surface area contributed by atoms with Gasteiger partial charge in [0.2, 0.25) is 0 Å². The van der Waals surface area contributed by atoms with Crippen molar-refractivity contribution in [3.8, 4) is 0 Å². The molecule has 0 amide bonds. The molecule has 9 nitrogen and oxygen atoms in total. The third kappa shape index (κ3) is 3.30. The van der Waals surface area contributed by atoms with Gasteiger partial charge in [-0.05, 0) is 0 Å². The van der Waals surface area contributed by atoms with Crippen molar-refractivity contribution in [2.24, 2.45) is 0 Å². The molecule has 0 radical (unpaired) electrons. The number of carbonyl (C=O) groups is 6. The van der Waals surface area contributed by atoms with E-state index in [0.717, 1.165) is 41.5 Å². The minimum atomic E-state index is -4.51. The van der Waals surface area contributed by atoms with Crippen LogP contribution in [0, 0.1) is 0 Å². The molecule has 0 aromatic rings. The maximum absolute atomic E-state index is 12.2. The number of hydrogen-bond donors (Lipinski definition) is 3. The summed E-state index contributed by atoms with van der Waals surface area (Å²) in [7, 11) is 0. The van der Waals surface area contributed by atoms with Crippen LogP contribution in [0.4, 0.5) is 0 Å². The van der Waals surface area contributed by atoms with Crippen molar-refractivity contribution in [2.45, 2.75) is 52.7 Å². The number of carboxylic acid groups (broad SMARTS) is 3. The summed E-state index contributed by atoms with van der Waals surface area (Å²) in [6.07, 6.45) is 0. The van der Waals surface area contributed by atoms with Gasteiger partial charge >= 0.3 is 150 Å². The van der Waals surface area contributed by atoms with Crippen molar-refractivity contribution >= 4 is 35.3 Å². The van der Waals surface area contributed by atoms with E-state index < -0.39 is 64.3 Å². The summed E-state index contributed by atoms with van der Waals surface area (Å²) >= 11 is -4.51. The Labute approximate surface area is 150 Å². The van der Waals surface area contributed by atoms with E-state index in [-0.39, 0.29) is 0 Å². The van der Waals surface area contributed by atoms with Crippen LogP contribution >= 0.6 is 0 Å². The summed E-state index contributed by atoms with van der Waals surface area (Å²) in [5, 5.41) is 28.9. The minimum absolute atomic E-state index is 0.881. The first-order valence-electron chi connectivity index (χ1n) is 7.15. The number of rotatable bonds is 9. The number of aliphatic carboxylic acids is 3. The monoisotopic (exact) mass is 393 g/mol. The molecule has 3 atom stereocenters. The van der Waals surface area contributed by atoms with Gasteiger partial charge in [0, 0.05) is 0 Å². The maximum atomic E-state index is 12.2. The van der Waals surface area contributed by atoms with Crippen molar-refractivity contribution in [2.75, 3.05) is 0 Å². The molecule has 0 bridgehead atoms. The standard InChI is InChI=1S/3C5H7O3.Ti/c3*1-3(4(2)6)5(7)8;/h3*1-2H3,(H,7,8);. The quantitative estimate of drug-likeness (QED) is 0.385. The zero-order valence-corrected chi connectivity index (χ0v) is 16.4. The van der Waals surface area contributed by atoms with Gasteiger partial charge in [-0.1, -0.05) is 0 Å². The predicted octanol–water partition coefficient (Wildman–Crippen LogP) is 1.16. The summed E-state index contributed by atoms with van der Waals surface area (Å²) in [6.45, 7) is 5.35. The van der Waals surface area contributed by atoms with Crippen molar-refractivity contribution in [1.29, 1.82) is 0 Å². The molecule has 0 rings (SSSR count). The molecule has 0 aliphatic carbocycles. The van der Waals surface area contributed by atoms with Gasteiger partial charge in [0.15, 0.2) is 0 Å². The third-order valence-corrected chi connectivity index (χ3v) is 12.2. The number of hydrogen-bond acceptors (Lipinski definition) is 6. The molecule has 0 heterocycles. The summed E-state index contributed by atoms with van der Waals surface area (Å²) in [6, 6.07) is 0. The van der Waals surface area contributed by atoms with Gasteiger partial charge < -0.3 is 0 Å². The zero-order valence-electron chi connectivity index (χ0n) is 14.8. The Balaban J connectivity index is 7.41. The van der Waals surface area contributed by atoms with Gasteiger partial charge in [0.1, 0.15) is 0 Å². The van der Waals surface area contributed by atoms with E-state index in [2.05, 4.69) is 0 Å². The van der Waals surface area contributed by atoms with Crippen LogP contribution in [-0.4, -0.2) is 50.6 Å². The Morgan fingerprint density at radius 3 is 0.800 bits per heavy atom. The molecule has 0 fully saturated rings. The number of carboxylic acids is 3. The molecule has 0 aliphatic rings. The van der Waals surface area contributed by atoms with Crippen LogP contribution in [0.3, 0.4) is 0 Å². The molecule has 139 valence electrons. The molecule has 0 saturated heterocycles. The molecule has 3 unspecified atom stereocenters. The molecule has 0 aromatic carbocycles. The Hall–Kier alpha value is -1.87. The Kier molecular flexibility index (Phi) is 6.63. The first kappa shape index (κ1) is 23.1. The van der Waals surface area contributed by atoms with Gasteiger partial charge in [-0.25, -0.2) is 0 Å². The molecule has 25 heavy (non-hydrogen) atoms. The second-order valence-corrected chi connectivity index (χ2v) is 12.2. The van der Waals surface area contributed by atoms with E-state index in [0.29, 0.717) is 0 Å². The molecule has 10 heteroatoms. The number of Topliss-reactive ketones (excluding diaryl/α,β-unsaturated/α-hetero) is 3. The van der Waals surface area contributed by atoms with Gasteiger partial charge in [-0.3, -0.25) is 0 Å². The van der Waals surface area contributed by atoms with Crippen LogP contribution in [-0.2, 0) is 46.6 Å². The molecular formula is C15H21O9Ti. The first-order valence-corrected chi connectivity index (χ1v) is 9.49. The van der Waals surface area contributed by atoms with Crippen LogP contribution in [0.5, 0.6) is 0 Å². The van der Waals surface area contributed by atoms with E-state index in [1.54, 1.807) is 0 Å². The van der Waals surface area contributed by atoms with Crippen molar-refractivity contribution in [3.05, 3.63) is 0 Å². The molecule has 3 N–H and O–H groups in total. The average molecular weight is 393 g/mol. The second-order valence-electron chi connectivity index (χ2n) is 6.33. The molecule has 0 aromatic heterocycles. The van der Waals surface area contributed by atoms with E-state index in [9.17, 15) is 44.1 Å². The first-order chi connectivity index (χ1) is 11.0. The van der Waals surface area contributed by atoms with Gasteiger partial charge in [-0.2, -0.15) is 0 Å². The fraction of sp³-hybridized carbons (Fsp3) is 0.600. The molecule has 0 aliphatic heterocycles. The topological polar surface area (TPSA) is 163 Å². The molecule has 0 saturated carbocycles. The normalized spacial score (nSPS) is 18.0. The average Bonchev–Trinajstić information content (AvgIpc) is 2.44. The summed E-state index contributed by atoms with van der Waals surface area (Å²) in [4.78, 5) is 72.3. The Morgan fingerprint density at radius 1 is 0.560 bits per heavy atom. The van der Waals surface area contributed by atoms with Gasteiger partial charge in [0.25, 0.3) is 0 Å². The third-order valence-electron chi connectivity index (χ3n) is 4.90. The number of ketones is 3. The van der Waals surface area contributed by atoms with E-state index >= 15 is 0 Å². The fourth-order valence-electron chi connectivity index (χ4n) is 2.80. The van der Waals surface area contributed by atoms with Crippen molar-refractivity contribution in [1.82, 2.24) is 0 Å². The van der Waals surface area contributed by atoms with Gasteiger partial charge in [-0.15, -0.1) is 0 Å². The SMILES string of the molecule is CC(=O)[C](C)(C(=O)O)[Ti]([C](C)(C(C)=O)C(=O)O)[C](C)(C(C)=O)C(=O)O. The second kappa shape index (κ2) is 7.17. The Morgan fingerprint density at radius 2 is 0.720 bits per heavy atom.